The second kappa shape index (κ2) is 8.74. The Morgan fingerprint density at radius 3 is 2.48 bits per heavy atom. The first-order valence-corrected chi connectivity index (χ1v) is 11.8. The van der Waals surface area contributed by atoms with Crippen molar-refractivity contribution in [2.75, 3.05) is 11.4 Å². The van der Waals surface area contributed by atoms with E-state index in [0.29, 0.717) is 29.1 Å². The fourth-order valence-corrected chi connectivity index (χ4v) is 4.82. The molecule has 2 heterocycles. The maximum Gasteiger partial charge on any atom is 0.259 e. The van der Waals surface area contributed by atoms with Crippen molar-refractivity contribution in [3.63, 3.8) is 0 Å². The lowest BCUT2D eigenvalue weighted by molar-refractivity contribution is -0.113. The van der Waals surface area contributed by atoms with Gasteiger partial charge in [-0.05, 0) is 41.8 Å². The molecule has 0 unspecified atom stereocenters. The average Bonchev–Trinajstić information content (AvgIpc) is 3.27. The lowest BCUT2D eigenvalue weighted by Crippen LogP contribution is -2.30. The van der Waals surface area contributed by atoms with Gasteiger partial charge in [0.05, 0.1) is 15.7 Å². The zero-order chi connectivity index (χ0) is 23.1. The van der Waals surface area contributed by atoms with Gasteiger partial charge in [0.1, 0.15) is 0 Å². The van der Waals surface area contributed by atoms with Gasteiger partial charge in [-0.15, -0.1) is 0 Å². The summed E-state index contributed by atoms with van der Waals surface area (Å²) in [6, 6.07) is 22.0. The molecular weight excluding hydrogens is 451 g/mol. The molecule has 0 saturated heterocycles. The Balaban J connectivity index is 1.59. The highest BCUT2D eigenvalue weighted by molar-refractivity contribution is 6.42. The zero-order valence-electron chi connectivity index (χ0n) is 18.6. The number of carbonyl (C=O) groups excluding carboxylic acids is 1. The van der Waals surface area contributed by atoms with Crippen molar-refractivity contribution in [3.8, 4) is 0 Å². The topological polar surface area (TPSA) is 25.2 Å². The fourth-order valence-electron chi connectivity index (χ4n) is 4.50. The largest absolute Gasteiger partial charge is 0.342 e. The number of halogens is 2. The standard InChI is InChI=1S/C28H24Cl2N2O/c1-18(2)15-32-27-10-6-4-8-22(27)23(28(32)33)14-20-17-31(26-9-5-3-7-21(20)26)16-19-11-12-24(29)25(30)13-19/h3-14,17-18H,15-16H2,1-2H3/b23-14-. The number of fused-ring (bicyclic) bond motifs is 2. The summed E-state index contributed by atoms with van der Waals surface area (Å²) >= 11 is 12.3. The molecule has 1 aliphatic rings. The Hall–Kier alpha value is -3.01. The van der Waals surface area contributed by atoms with Crippen LogP contribution in [0.15, 0.2) is 72.9 Å². The van der Waals surface area contributed by atoms with Crippen LogP contribution in [0.1, 0.15) is 30.5 Å². The number of nitrogens with zero attached hydrogens (tertiary/aromatic N) is 2. The van der Waals surface area contributed by atoms with Crippen LogP contribution in [0.25, 0.3) is 22.6 Å². The van der Waals surface area contributed by atoms with E-state index in [-0.39, 0.29) is 5.91 Å². The third-order valence-corrected chi connectivity index (χ3v) is 6.70. The lowest BCUT2D eigenvalue weighted by atomic mass is 10.0. The van der Waals surface area contributed by atoms with Crippen LogP contribution in [0.5, 0.6) is 0 Å². The molecular formula is C28H24Cl2N2O. The van der Waals surface area contributed by atoms with Crippen LogP contribution < -0.4 is 4.90 Å². The molecule has 0 aliphatic carbocycles. The van der Waals surface area contributed by atoms with Crippen LogP contribution in [-0.4, -0.2) is 17.0 Å². The first kappa shape index (κ1) is 21.8. The van der Waals surface area contributed by atoms with E-state index in [2.05, 4.69) is 36.7 Å². The Morgan fingerprint density at radius 1 is 0.939 bits per heavy atom. The minimum atomic E-state index is 0.0613. The molecule has 3 aromatic carbocycles. The Morgan fingerprint density at radius 2 is 1.70 bits per heavy atom. The van der Waals surface area contributed by atoms with E-state index < -0.39 is 0 Å². The number of carbonyl (C=O) groups is 1. The van der Waals surface area contributed by atoms with Crippen LogP contribution in [0.4, 0.5) is 5.69 Å². The van der Waals surface area contributed by atoms with E-state index in [9.17, 15) is 4.79 Å². The SMILES string of the molecule is CC(C)CN1C(=O)/C(=C\c2cn(Cc3ccc(Cl)c(Cl)c3)c3ccccc23)c2ccccc21. The van der Waals surface area contributed by atoms with Gasteiger partial charge in [-0.2, -0.15) is 0 Å². The molecule has 0 spiro atoms. The molecule has 0 bridgehead atoms. The van der Waals surface area contributed by atoms with Crippen molar-refractivity contribution < 1.29 is 4.79 Å². The summed E-state index contributed by atoms with van der Waals surface area (Å²) in [6.45, 7) is 5.62. The predicted molar refractivity (Wildman–Crippen MR) is 139 cm³/mol. The van der Waals surface area contributed by atoms with Gasteiger partial charge < -0.3 is 9.47 Å². The summed E-state index contributed by atoms with van der Waals surface area (Å²) in [4.78, 5) is 15.3. The third kappa shape index (κ3) is 4.07. The molecule has 3 nitrogen and oxygen atoms in total. The molecule has 1 aromatic heterocycles. The summed E-state index contributed by atoms with van der Waals surface area (Å²) < 4.78 is 2.19. The number of amides is 1. The minimum absolute atomic E-state index is 0.0613. The number of hydrogen-bond acceptors (Lipinski definition) is 1. The van der Waals surface area contributed by atoms with Gasteiger partial charge in [0.25, 0.3) is 5.91 Å². The number of anilines is 1. The molecule has 33 heavy (non-hydrogen) atoms. The monoisotopic (exact) mass is 474 g/mol. The molecule has 5 rings (SSSR count). The molecule has 1 aliphatic heterocycles. The summed E-state index contributed by atoms with van der Waals surface area (Å²) in [5, 5.41) is 2.21. The van der Waals surface area contributed by atoms with Gasteiger partial charge >= 0.3 is 0 Å². The maximum atomic E-state index is 13.4. The van der Waals surface area contributed by atoms with Crippen LogP contribution in [0, 0.1) is 5.92 Å². The molecule has 0 N–H and O–H groups in total. The molecule has 0 saturated carbocycles. The van der Waals surface area contributed by atoms with Crippen molar-refractivity contribution in [1.82, 2.24) is 4.57 Å². The molecule has 5 heteroatoms. The van der Waals surface area contributed by atoms with E-state index in [1.54, 1.807) is 0 Å². The highest BCUT2D eigenvalue weighted by Crippen LogP contribution is 2.39. The van der Waals surface area contributed by atoms with E-state index in [1.165, 1.54) is 0 Å². The van der Waals surface area contributed by atoms with Crippen LogP contribution in [-0.2, 0) is 11.3 Å². The molecule has 0 radical (unpaired) electrons. The third-order valence-electron chi connectivity index (χ3n) is 5.96. The summed E-state index contributed by atoms with van der Waals surface area (Å²) in [5.41, 5.74) is 5.91. The van der Waals surface area contributed by atoms with E-state index in [4.69, 9.17) is 23.2 Å². The number of hydrogen-bond donors (Lipinski definition) is 0. The van der Waals surface area contributed by atoms with Crippen molar-refractivity contribution >= 4 is 57.3 Å². The van der Waals surface area contributed by atoms with Crippen LogP contribution in [0.3, 0.4) is 0 Å². The van der Waals surface area contributed by atoms with Gasteiger partial charge in [-0.25, -0.2) is 0 Å². The molecule has 166 valence electrons. The maximum absolute atomic E-state index is 13.4. The first-order chi connectivity index (χ1) is 15.9. The fraction of sp³-hybridized carbons (Fsp3) is 0.179. The van der Waals surface area contributed by atoms with Crippen molar-refractivity contribution in [3.05, 3.63) is 99.7 Å². The van der Waals surface area contributed by atoms with E-state index in [1.807, 2.05) is 65.6 Å². The van der Waals surface area contributed by atoms with Gasteiger partial charge in [0.15, 0.2) is 0 Å². The van der Waals surface area contributed by atoms with E-state index in [0.717, 1.165) is 38.9 Å². The summed E-state index contributed by atoms with van der Waals surface area (Å²) in [7, 11) is 0. The van der Waals surface area contributed by atoms with E-state index >= 15 is 0 Å². The predicted octanol–water partition coefficient (Wildman–Crippen LogP) is 7.54. The highest BCUT2D eigenvalue weighted by Gasteiger charge is 2.32. The van der Waals surface area contributed by atoms with Crippen LogP contribution >= 0.6 is 23.2 Å². The summed E-state index contributed by atoms with van der Waals surface area (Å²) in [6.07, 6.45) is 4.15. The van der Waals surface area contributed by atoms with Crippen LogP contribution in [0.2, 0.25) is 10.0 Å². The van der Waals surface area contributed by atoms with Gasteiger partial charge in [0, 0.05) is 46.9 Å². The van der Waals surface area contributed by atoms with Gasteiger partial charge in [-0.3, -0.25) is 4.79 Å². The number of rotatable bonds is 5. The quantitative estimate of drug-likeness (QED) is 0.274. The molecule has 0 fully saturated rings. The zero-order valence-corrected chi connectivity index (χ0v) is 20.1. The van der Waals surface area contributed by atoms with Crippen molar-refractivity contribution in [2.24, 2.45) is 5.92 Å². The number of aromatic nitrogens is 1. The summed E-state index contributed by atoms with van der Waals surface area (Å²) in [5.74, 6) is 0.445. The Labute approximate surface area is 203 Å². The second-order valence-corrected chi connectivity index (χ2v) is 9.68. The van der Waals surface area contributed by atoms with Crippen molar-refractivity contribution in [1.29, 1.82) is 0 Å². The number of para-hydroxylation sites is 2. The number of benzene rings is 3. The average molecular weight is 475 g/mol. The molecule has 1 amide bonds. The first-order valence-electron chi connectivity index (χ1n) is 11.1. The van der Waals surface area contributed by atoms with Gasteiger partial charge in [0.2, 0.25) is 0 Å². The molecule has 4 aromatic rings. The Kier molecular flexibility index (Phi) is 5.77. The van der Waals surface area contributed by atoms with Crippen molar-refractivity contribution in [2.45, 2.75) is 20.4 Å². The van der Waals surface area contributed by atoms with Gasteiger partial charge in [-0.1, -0.05) is 79.5 Å². The normalized spacial score (nSPS) is 14.6. The second-order valence-electron chi connectivity index (χ2n) is 8.86. The lowest BCUT2D eigenvalue weighted by Gasteiger charge is -2.19. The molecule has 0 atom stereocenters. The smallest absolute Gasteiger partial charge is 0.259 e. The Bertz CT molecular complexity index is 1400. The minimum Gasteiger partial charge on any atom is -0.342 e. The highest BCUT2D eigenvalue weighted by atomic mass is 35.5.